The molecule has 0 heterocycles. The first kappa shape index (κ1) is 16.1. The van der Waals surface area contributed by atoms with E-state index < -0.39 is 0 Å². The van der Waals surface area contributed by atoms with E-state index in [1.165, 1.54) is 19.3 Å². The molecule has 108 valence electrons. The van der Waals surface area contributed by atoms with Gasteiger partial charge in [0.2, 0.25) is 0 Å². The summed E-state index contributed by atoms with van der Waals surface area (Å²) >= 11 is 6.24. The Kier molecular flexibility index (Phi) is 7.03. The number of benzene rings is 1. The number of hydrogen-bond acceptors (Lipinski definition) is 3. The first-order chi connectivity index (χ1) is 9.17. The van der Waals surface area contributed by atoms with Crippen molar-refractivity contribution >= 4 is 11.6 Å². The summed E-state index contributed by atoms with van der Waals surface area (Å²) in [5.41, 5.74) is 1.14. The van der Waals surface area contributed by atoms with Crippen molar-refractivity contribution in [3.63, 3.8) is 0 Å². The van der Waals surface area contributed by atoms with Gasteiger partial charge in [0.15, 0.2) is 11.5 Å². The van der Waals surface area contributed by atoms with E-state index in [9.17, 15) is 0 Å². The van der Waals surface area contributed by atoms with Crippen LogP contribution in [-0.2, 0) is 0 Å². The summed E-state index contributed by atoms with van der Waals surface area (Å²) in [4.78, 5) is 0. The van der Waals surface area contributed by atoms with Crippen LogP contribution in [0.15, 0.2) is 12.1 Å². The molecule has 1 unspecified atom stereocenters. The number of methoxy groups -OCH3 is 2. The molecule has 0 saturated heterocycles. The zero-order valence-electron chi connectivity index (χ0n) is 12.3. The van der Waals surface area contributed by atoms with Crippen LogP contribution in [0, 0.1) is 0 Å². The van der Waals surface area contributed by atoms with Crippen molar-refractivity contribution in [2.75, 3.05) is 21.3 Å². The smallest absolute Gasteiger partial charge is 0.179 e. The van der Waals surface area contributed by atoms with E-state index in [1.807, 2.05) is 19.2 Å². The normalized spacial score (nSPS) is 12.3. The van der Waals surface area contributed by atoms with Gasteiger partial charge in [0.05, 0.1) is 19.2 Å². The Bertz CT molecular complexity index is 396. The number of hydrogen-bond donors (Lipinski definition) is 1. The van der Waals surface area contributed by atoms with Gasteiger partial charge in [-0.1, -0.05) is 37.8 Å². The highest BCUT2D eigenvalue weighted by Gasteiger charge is 2.16. The van der Waals surface area contributed by atoms with Crippen molar-refractivity contribution in [3.05, 3.63) is 22.7 Å². The summed E-state index contributed by atoms with van der Waals surface area (Å²) in [6, 6.07) is 4.25. The third kappa shape index (κ3) is 4.29. The Labute approximate surface area is 121 Å². The van der Waals surface area contributed by atoms with E-state index in [2.05, 4.69) is 12.2 Å². The fourth-order valence-electron chi connectivity index (χ4n) is 2.22. The summed E-state index contributed by atoms with van der Waals surface area (Å²) in [5.74, 6) is 1.28. The molecule has 4 heteroatoms. The Morgan fingerprint density at radius 1 is 1.21 bits per heavy atom. The lowest BCUT2D eigenvalue weighted by Gasteiger charge is -2.19. The second-order valence-electron chi connectivity index (χ2n) is 4.58. The van der Waals surface area contributed by atoms with Crippen molar-refractivity contribution < 1.29 is 9.47 Å². The first-order valence-electron chi connectivity index (χ1n) is 6.76. The zero-order valence-corrected chi connectivity index (χ0v) is 13.0. The third-order valence-corrected chi connectivity index (χ3v) is 3.58. The van der Waals surface area contributed by atoms with Crippen LogP contribution in [0.1, 0.15) is 44.2 Å². The maximum absolute atomic E-state index is 6.24. The lowest BCUT2D eigenvalue weighted by Crippen LogP contribution is -2.16. The van der Waals surface area contributed by atoms with Crippen LogP contribution in [0.5, 0.6) is 11.5 Å². The van der Waals surface area contributed by atoms with Gasteiger partial charge in [-0.25, -0.2) is 0 Å². The maximum Gasteiger partial charge on any atom is 0.179 e. The molecule has 1 aromatic carbocycles. The third-order valence-electron chi connectivity index (χ3n) is 3.30. The molecule has 19 heavy (non-hydrogen) atoms. The zero-order chi connectivity index (χ0) is 14.3. The van der Waals surface area contributed by atoms with E-state index >= 15 is 0 Å². The summed E-state index contributed by atoms with van der Waals surface area (Å²) in [5, 5.41) is 3.93. The molecule has 0 aromatic heterocycles. The fourth-order valence-corrected chi connectivity index (χ4v) is 2.51. The van der Waals surface area contributed by atoms with Crippen LogP contribution in [0.3, 0.4) is 0 Å². The standard InChI is InChI=1S/C15H24ClNO2/c1-5-6-7-8-13(17-2)11-9-12(16)15(19-4)14(10-11)18-3/h9-10,13,17H,5-8H2,1-4H3. The van der Waals surface area contributed by atoms with E-state index in [4.69, 9.17) is 21.1 Å². The molecule has 0 bridgehead atoms. The lowest BCUT2D eigenvalue weighted by molar-refractivity contribution is 0.354. The van der Waals surface area contributed by atoms with Gasteiger partial charge in [-0.05, 0) is 31.2 Å². The van der Waals surface area contributed by atoms with E-state index in [0.717, 1.165) is 12.0 Å². The monoisotopic (exact) mass is 285 g/mol. The van der Waals surface area contributed by atoms with Gasteiger partial charge in [-0.2, -0.15) is 0 Å². The molecular formula is C15H24ClNO2. The predicted molar refractivity (Wildman–Crippen MR) is 80.5 cm³/mol. The molecule has 0 aliphatic rings. The Hall–Kier alpha value is -0.930. The van der Waals surface area contributed by atoms with Gasteiger partial charge in [-0.15, -0.1) is 0 Å². The van der Waals surface area contributed by atoms with Crippen LogP contribution in [-0.4, -0.2) is 21.3 Å². The van der Waals surface area contributed by atoms with E-state index in [0.29, 0.717) is 22.6 Å². The van der Waals surface area contributed by atoms with E-state index in [1.54, 1.807) is 14.2 Å². The second kappa shape index (κ2) is 8.28. The molecule has 1 aromatic rings. The van der Waals surface area contributed by atoms with Gasteiger partial charge >= 0.3 is 0 Å². The maximum atomic E-state index is 6.24. The van der Waals surface area contributed by atoms with Crippen LogP contribution >= 0.6 is 11.6 Å². The summed E-state index contributed by atoms with van der Waals surface area (Å²) < 4.78 is 10.6. The van der Waals surface area contributed by atoms with Crippen LogP contribution in [0.25, 0.3) is 0 Å². The summed E-state index contributed by atoms with van der Waals surface area (Å²) in [7, 11) is 5.20. The fraction of sp³-hybridized carbons (Fsp3) is 0.600. The minimum Gasteiger partial charge on any atom is -0.493 e. The largest absolute Gasteiger partial charge is 0.493 e. The molecule has 1 rings (SSSR count). The van der Waals surface area contributed by atoms with Crippen LogP contribution in [0.2, 0.25) is 5.02 Å². The molecule has 0 aliphatic heterocycles. The van der Waals surface area contributed by atoms with Crippen molar-refractivity contribution in [1.82, 2.24) is 5.32 Å². The average Bonchev–Trinajstić information content (AvgIpc) is 2.42. The minimum atomic E-state index is 0.295. The number of halogens is 1. The lowest BCUT2D eigenvalue weighted by atomic mass is 10.00. The molecule has 0 saturated carbocycles. The van der Waals surface area contributed by atoms with Crippen molar-refractivity contribution in [1.29, 1.82) is 0 Å². The Morgan fingerprint density at radius 2 is 1.95 bits per heavy atom. The summed E-state index contributed by atoms with van der Waals surface area (Å²) in [6.45, 7) is 2.21. The molecule has 0 fully saturated rings. The average molecular weight is 286 g/mol. The SMILES string of the molecule is CCCCCC(NC)c1cc(Cl)c(OC)c(OC)c1. The molecular weight excluding hydrogens is 262 g/mol. The van der Waals surface area contributed by atoms with Gasteiger partial charge in [-0.3, -0.25) is 0 Å². The number of ether oxygens (including phenoxy) is 2. The number of nitrogens with one attached hydrogen (secondary N) is 1. The van der Waals surface area contributed by atoms with E-state index in [-0.39, 0.29) is 0 Å². The highest BCUT2D eigenvalue weighted by Crippen LogP contribution is 2.38. The number of unbranched alkanes of at least 4 members (excludes halogenated alkanes) is 2. The topological polar surface area (TPSA) is 30.5 Å². The van der Waals surface area contributed by atoms with Crippen LogP contribution in [0.4, 0.5) is 0 Å². The van der Waals surface area contributed by atoms with Gasteiger partial charge in [0.25, 0.3) is 0 Å². The molecule has 0 spiro atoms. The molecule has 0 amide bonds. The number of rotatable bonds is 8. The quantitative estimate of drug-likeness (QED) is 0.726. The highest BCUT2D eigenvalue weighted by atomic mass is 35.5. The van der Waals surface area contributed by atoms with Crippen molar-refractivity contribution in [2.24, 2.45) is 0 Å². The van der Waals surface area contributed by atoms with Crippen molar-refractivity contribution in [3.8, 4) is 11.5 Å². The van der Waals surface area contributed by atoms with Gasteiger partial charge in [0, 0.05) is 6.04 Å². The second-order valence-corrected chi connectivity index (χ2v) is 4.98. The van der Waals surface area contributed by atoms with Crippen molar-refractivity contribution in [2.45, 2.75) is 38.6 Å². The molecule has 1 atom stereocenters. The predicted octanol–water partition coefficient (Wildman–Crippen LogP) is 4.20. The van der Waals surface area contributed by atoms with Gasteiger partial charge < -0.3 is 14.8 Å². The molecule has 0 radical (unpaired) electrons. The molecule has 1 N–H and O–H groups in total. The minimum absolute atomic E-state index is 0.295. The van der Waals surface area contributed by atoms with Gasteiger partial charge in [0.1, 0.15) is 0 Å². The Morgan fingerprint density at radius 3 is 2.47 bits per heavy atom. The molecule has 3 nitrogen and oxygen atoms in total. The summed E-state index contributed by atoms with van der Waals surface area (Å²) in [6.07, 6.45) is 4.77. The van der Waals surface area contributed by atoms with Crippen LogP contribution < -0.4 is 14.8 Å². The molecule has 0 aliphatic carbocycles. The highest BCUT2D eigenvalue weighted by molar-refractivity contribution is 6.32. The Balaban J connectivity index is 2.94. The first-order valence-corrected chi connectivity index (χ1v) is 7.14.